The van der Waals surface area contributed by atoms with E-state index in [4.69, 9.17) is 0 Å². The van der Waals surface area contributed by atoms with Crippen LogP contribution in [0.2, 0.25) is 0 Å². The second-order valence-corrected chi connectivity index (χ2v) is 6.45. The van der Waals surface area contributed by atoms with Gasteiger partial charge in [-0.05, 0) is 29.5 Å². The fraction of sp³-hybridized carbons (Fsp3) is 0.500. The molecule has 1 unspecified atom stereocenters. The highest BCUT2D eigenvalue weighted by Gasteiger charge is 2.24. The van der Waals surface area contributed by atoms with Crippen molar-refractivity contribution in [2.45, 2.75) is 33.6 Å². The lowest BCUT2D eigenvalue weighted by Gasteiger charge is -2.23. The molecule has 0 spiro atoms. The van der Waals surface area contributed by atoms with Crippen LogP contribution in [-0.4, -0.2) is 28.6 Å². The zero-order valence-corrected chi connectivity index (χ0v) is 12.7. The normalized spacial score (nSPS) is 12.7. The highest BCUT2D eigenvalue weighted by atomic mass is 16.4. The second kappa shape index (κ2) is 7.11. The van der Waals surface area contributed by atoms with Gasteiger partial charge in [0.15, 0.2) is 0 Å². The number of carbonyl (C=O) groups is 2. The molecule has 0 aromatic heterocycles. The molecule has 1 rings (SSSR count). The Balaban J connectivity index is 2.50. The number of hydrogen-bond donors (Lipinski definition) is 3. The molecule has 1 aromatic carbocycles. The first-order valence-electron chi connectivity index (χ1n) is 6.95. The molecule has 5 heteroatoms. The van der Waals surface area contributed by atoms with E-state index in [0.717, 1.165) is 5.56 Å². The molecular formula is C16H23NO4. The smallest absolute Gasteiger partial charge is 0.308 e. The molecule has 0 aliphatic rings. The predicted molar refractivity (Wildman–Crippen MR) is 80.0 cm³/mol. The van der Waals surface area contributed by atoms with Crippen molar-refractivity contribution in [3.63, 3.8) is 0 Å². The second-order valence-electron chi connectivity index (χ2n) is 6.45. The van der Waals surface area contributed by atoms with Crippen LogP contribution in [-0.2, 0) is 16.0 Å². The fourth-order valence-electron chi connectivity index (χ4n) is 2.08. The zero-order valence-electron chi connectivity index (χ0n) is 12.7. The maximum absolute atomic E-state index is 11.8. The Morgan fingerprint density at radius 3 is 2.24 bits per heavy atom. The number of benzene rings is 1. The average molecular weight is 293 g/mol. The number of aromatic hydroxyl groups is 1. The van der Waals surface area contributed by atoms with Crippen LogP contribution in [0.4, 0.5) is 0 Å². The maximum atomic E-state index is 11.8. The van der Waals surface area contributed by atoms with Gasteiger partial charge in [0.1, 0.15) is 5.75 Å². The van der Waals surface area contributed by atoms with E-state index in [9.17, 15) is 19.8 Å². The number of carboxylic acids is 1. The van der Waals surface area contributed by atoms with Gasteiger partial charge >= 0.3 is 5.97 Å². The number of amides is 1. The van der Waals surface area contributed by atoms with Crippen LogP contribution in [0.15, 0.2) is 24.3 Å². The Kier molecular flexibility index (Phi) is 5.76. The van der Waals surface area contributed by atoms with Crippen molar-refractivity contribution in [2.24, 2.45) is 11.3 Å². The molecule has 1 aromatic rings. The average Bonchev–Trinajstić information content (AvgIpc) is 2.35. The first-order chi connectivity index (χ1) is 9.67. The summed E-state index contributed by atoms with van der Waals surface area (Å²) in [6.07, 6.45) is 0.671. The summed E-state index contributed by atoms with van der Waals surface area (Å²) in [5.41, 5.74) is 0.665. The molecule has 0 bridgehead atoms. The molecule has 5 nitrogen and oxygen atoms in total. The fourth-order valence-corrected chi connectivity index (χ4v) is 2.08. The molecule has 1 amide bonds. The van der Waals surface area contributed by atoms with Gasteiger partial charge in [-0.15, -0.1) is 0 Å². The van der Waals surface area contributed by atoms with Crippen LogP contribution in [0.1, 0.15) is 32.8 Å². The largest absolute Gasteiger partial charge is 0.508 e. The highest BCUT2D eigenvalue weighted by Crippen LogP contribution is 2.24. The topological polar surface area (TPSA) is 86.6 Å². The Bertz CT molecular complexity index is 488. The molecule has 0 fully saturated rings. The van der Waals surface area contributed by atoms with E-state index in [-0.39, 0.29) is 30.0 Å². The van der Waals surface area contributed by atoms with E-state index < -0.39 is 11.9 Å². The molecule has 0 saturated heterocycles. The Hall–Kier alpha value is -2.04. The highest BCUT2D eigenvalue weighted by molar-refractivity contribution is 5.79. The number of phenolic OH excluding ortho intramolecular Hbond substituents is 1. The molecule has 21 heavy (non-hydrogen) atoms. The van der Waals surface area contributed by atoms with E-state index >= 15 is 0 Å². The number of hydrogen-bond acceptors (Lipinski definition) is 3. The molecule has 1 atom stereocenters. The van der Waals surface area contributed by atoms with Gasteiger partial charge in [-0.1, -0.05) is 32.9 Å². The summed E-state index contributed by atoms with van der Waals surface area (Å²) in [5.74, 6) is -1.56. The van der Waals surface area contributed by atoms with Gasteiger partial charge in [0.2, 0.25) is 5.91 Å². The van der Waals surface area contributed by atoms with Crippen molar-refractivity contribution < 1.29 is 19.8 Å². The van der Waals surface area contributed by atoms with Gasteiger partial charge in [0, 0.05) is 6.54 Å². The van der Waals surface area contributed by atoms with Crippen molar-refractivity contribution in [3.8, 4) is 5.75 Å². The molecule has 3 N–H and O–H groups in total. The van der Waals surface area contributed by atoms with Gasteiger partial charge in [0.05, 0.1) is 12.3 Å². The quantitative estimate of drug-likeness (QED) is 0.750. The minimum atomic E-state index is -0.894. The lowest BCUT2D eigenvalue weighted by molar-refractivity contribution is -0.142. The van der Waals surface area contributed by atoms with Crippen LogP contribution < -0.4 is 5.32 Å². The van der Waals surface area contributed by atoms with Crippen molar-refractivity contribution in [1.29, 1.82) is 0 Å². The van der Waals surface area contributed by atoms with Crippen LogP contribution in [0.3, 0.4) is 0 Å². The molecule has 116 valence electrons. The summed E-state index contributed by atoms with van der Waals surface area (Å²) < 4.78 is 0. The van der Waals surface area contributed by atoms with Crippen molar-refractivity contribution >= 4 is 11.9 Å². The van der Waals surface area contributed by atoms with E-state index in [0.29, 0.717) is 6.42 Å². The van der Waals surface area contributed by atoms with Gasteiger partial charge in [-0.2, -0.15) is 0 Å². The summed E-state index contributed by atoms with van der Waals surface area (Å²) in [7, 11) is 0. The number of carboxylic acid groups (broad SMARTS) is 1. The summed E-state index contributed by atoms with van der Waals surface area (Å²) in [6.45, 7) is 6.05. The van der Waals surface area contributed by atoms with Crippen molar-refractivity contribution in [2.75, 3.05) is 6.54 Å². The van der Waals surface area contributed by atoms with Gasteiger partial charge in [0.25, 0.3) is 0 Å². The first kappa shape index (κ1) is 17.0. The SMILES string of the molecule is CC(C)(C)CC(CNC(=O)Cc1ccc(O)cc1)C(=O)O. The standard InChI is InChI=1S/C16H23NO4/c1-16(2,3)9-12(15(20)21)10-17-14(19)8-11-4-6-13(18)7-5-11/h4-7,12,18H,8-10H2,1-3H3,(H,17,19)(H,20,21). The minimum absolute atomic E-state index is 0.106. The van der Waals surface area contributed by atoms with Gasteiger partial charge in [-0.3, -0.25) is 9.59 Å². The Morgan fingerprint density at radius 1 is 1.19 bits per heavy atom. The van der Waals surface area contributed by atoms with Crippen LogP contribution in [0.5, 0.6) is 5.75 Å². The number of aliphatic carboxylic acids is 1. The molecule has 0 aliphatic carbocycles. The Morgan fingerprint density at radius 2 is 1.76 bits per heavy atom. The van der Waals surface area contributed by atoms with Crippen LogP contribution in [0, 0.1) is 11.3 Å². The predicted octanol–water partition coefficient (Wildman–Crippen LogP) is 2.19. The van der Waals surface area contributed by atoms with E-state index in [1.807, 2.05) is 20.8 Å². The number of rotatable bonds is 6. The Labute approximate surface area is 125 Å². The van der Waals surface area contributed by atoms with E-state index in [2.05, 4.69) is 5.32 Å². The summed E-state index contributed by atoms with van der Waals surface area (Å²) in [4.78, 5) is 23.0. The zero-order chi connectivity index (χ0) is 16.0. The number of phenols is 1. The summed E-state index contributed by atoms with van der Waals surface area (Å²) >= 11 is 0. The maximum Gasteiger partial charge on any atom is 0.308 e. The number of nitrogens with one attached hydrogen (secondary N) is 1. The van der Waals surface area contributed by atoms with Crippen molar-refractivity contribution in [1.82, 2.24) is 5.32 Å². The molecule has 0 aliphatic heterocycles. The van der Waals surface area contributed by atoms with E-state index in [1.165, 1.54) is 12.1 Å². The molecular weight excluding hydrogens is 270 g/mol. The molecule has 0 radical (unpaired) electrons. The third kappa shape index (κ3) is 6.79. The van der Waals surface area contributed by atoms with Crippen molar-refractivity contribution in [3.05, 3.63) is 29.8 Å². The third-order valence-electron chi connectivity index (χ3n) is 3.05. The first-order valence-corrected chi connectivity index (χ1v) is 6.95. The number of carbonyl (C=O) groups excluding carboxylic acids is 1. The van der Waals surface area contributed by atoms with E-state index in [1.54, 1.807) is 12.1 Å². The lowest BCUT2D eigenvalue weighted by atomic mass is 9.84. The monoisotopic (exact) mass is 293 g/mol. The lowest BCUT2D eigenvalue weighted by Crippen LogP contribution is -2.35. The minimum Gasteiger partial charge on any atom is -0.508 e. The third-order valence-corrected chi connectivity index (χ3v) is 3.05. The molecule has 0 saturated carbocycles. The van der Waals surface area contributed by atoms with Gasteiger partial charge in [-0.25, -0.2) is 0 Å². The van der Waals surface area contributed by atoms with Crippen LogP contribution >= 0.6 is 0 Å². The van der Waals surface area contributed by atoms with Crippen LogP contribution in [0.25, 0.3) is 0 Å². The summed E-state index contributed by atoms with van der Waals surface area (Å²) in [5, 5.41) is 21.0. The summed E-state index contributed by atoms with van der Waals surface area (Å²) in [6, 6.07) is 6.36. The molecule has 0 heterocycles. The van der Waals surface area contributed by atoms with Gasteiger partial charge < -0.3 is 15.5 Å².